The van der Waals surface area contributed by atoms with Gasteiger partial charge in [-0.2, -0.15) is 0 Å². The van der Waals surface area contributed by atoms with E-state index in [0.717, 1.165) is 70.7 Å². The lowest BCUT2D eigenvalue weighted by Crippen LogP contribution is -2.39. The fraction of sp³-hybridized carbons (Fsp3) is 0.600. The Bertz CT molecular complexity index is 847. The van der Waals surface area contributed by atoms with Crippen LogP contribution in [-0.2, 0) is 22.5 Å². The molecule has 6 nitrogen and oxygen atoms in total. The Balaban J connectivity index is 1.26. The number of aromatic nitrogens is 2. The van der Waals surface area contributed by atoms with E-state index in [0.29, 0.717) is 18.3 Å². The first-order chi connectivity index (χ1) is 15.1. The lowest BCUT2D eigenvalue weighted by atomic mass is 9.95. The van der Waals surface area contributed by atoms with Crippen molar-refractivity contribution < 1.29 is 14.3 Å². The number of carbonyl (C=O) groups is 1. The number of carbonyl (C=O) groups excluding carboxylic acids is 1. The number of ether oxygens (including phenoxy) is 2. The first-order valence-electron chi connectivity index (χ1n) is 11.6. The number of methoxy groups -OCH3 is 1. The predicted molar refractivity (Wildman–Crippen MR) is 120 cm³/mol. The molecule has 2 fully saturated rings. The minimum Gasteiger partial charge on any atom is -0.497 e. The van der Waals surface area contributed by atoms with Crippen molar-refractivity contribution in [2.45, 2.75) is 57.9 Å². The third kappa shape index (κ3) is 5.48. The summed E-state index contributed by atoms with van der Waals surface area (Å²) in [7, 11) is 1.67. The topological polar surface area (TPSA) is 56.6 Å². The summed E-state index contributed by atoms with van der Waals surface area (Å²) in [6.45, 7) is 6.60. The molecule has 4 rings (SSSR count). The molecule has 1 amide bonds. The van der Waals surface area contributed by atoms with Gasteiger partial charge >= 0.3 is 0 Å². The van der Waals surface area contributed by atoms with Crippen LogP contribution in [0.4, 0.5) is 0 Å². The molecule has 0 radical (unpaired) electrons. The van der Waals surface area contributed by atoms with Crippen LogP contribution in [0.3, 0.4) is 0 Å². The molecule has 6 heteroatoms. The van der Waals surface area contributed by atoms with E-state index in [2.05, 4.69) is 16.4 Å². The maximum atomic E-state index is 12.7. The molecule has 2 aliphatic rings. The number of nitrogens with zero attached hydrogens (tertiary/aromatic N) is 3. The molecule has 0 saturated carbocycles. The monoisotopic (exact) mass is 425 g/mol. The second-order valence-electron chi connectivity index (χ2n) is 8.93. The van der Waals surface area contributed by atoms with Crippen molar-refractivity contribution in [1.82, 2.24) is 14.5 Å². The summed E-state index contributed by atoms with van der Waals surface area (Å²) < 4.78 is 13.2. The average Bonchev–Trinajstić information content (AvgIpc) is 3.19. The summed E-state index contributed by atoms with van der Waals surface area (Å²) in [6.07, 6.45) is 7.65. The predicted octanol–water partition coefficient (Wildman–Crippen LogP) is 3.97. The van der Waals surface area contributed by atoms with E-state index < -0.39 is 0 Å². The van der Waals surface area contributed by atoms with Crippen molar-refractivity contribution in [2.75, 3.05) is 33.4 Å². The summed E-state index contributed by atoms with van der Waals surface area (Å²) in [5.41, 5.74) is 2.43. The SMILES string of the molecule is COc1ccc(CCC(=O)N2CCC(Cn3c(C)cnc3C3CCOCC3)CC2)cc1. The van der Waals surface area contributed by atoms with E-state index in [9.17, 15) is 4.79 Å². The molecule has 0 aliphatic carbocycles. The summed E-state index contributed by atoms with van der Waals surface area (Å²) in [4.78, 5) is 19.5. The highest BCUT2D eigenvalue weighted by atomic mass is 16.5. The smallest absolute Gasteiger partial charge is 0.222 e. The molecule has 1 aromatic heterocycles. The fourth-order valence-electron chi connectivity index (χ4n) is 4.82. The Morgan fingerprint density at radius 1 is 1.13 bits per heavy atom. The number of hydrogen-bond donors (Lipinski definition) is 0. The van der Waals surface area contributed by atoms with Gasteiger partial charge in [0, 0.05) is 57.1 Å². The number of aryl methyl sites for hydroxylation is 2. The number of amides is 1. The van der Waals surface area contributed by atoms with Crippen LogP contribution in [0.5, 0.6) is 5.75 Å². The van der Waals surface area contributed by atoms with Gasteiger partial charge in [-0.05, 0) is 62.6 Å². The van der Waals surface area contributed by atoms with Crippen molar-refractivity contribution in [3.8, 4) is 5.75 Å². The highest BCUT2D eigenvalue weighted by Crippen LogP contribution is 2.29. The molecular formula is C25H35N3O3. The molecule has 0 spiro atoms. The normalized spacial score (nSPS) is 18.3. The molecule has 2 aromatic rings. The van der Waals surface area contributed by atoms with Crippen molar-refractivity contribution in [3.05, 3.63) is 47.5 Å². The number of benzene rings is 1. The van der Waals surface area contributed by atoms with Gasteiger partial charge < -0.3 is 18.9 Å². The van der Waals surface area contributed by atoms with Gasteiger partial charge in [0.2, 0.25) is 5.91 Å². The Labute approximate surface area is 185 Å². The zero-order valence-corrected chi connectivity index (χ0v) is 18.9. The lowest BCUT2D eigenvalue weighted by Gasteiger charge is -2.33. The van der Waals surface area contributed by atoms with Crippen LogP contribution in [0.25, 0.3) is 0 Å². The second kappa shape index (κ2) is 10.3. The molecule has 0 N–H and O–H groups in total. The Kier molecular flexibility index (Phi) is 7.28. The lowest BCUT2D eigenvalue weighted by molar-refractivity contribution is -0.132. The zero-order chi connectivity index (χ0) is 21.6. The van der Waals surface area contributed by atoms with Crippen LogP contribution in [0, 0.1) is 12.8 Å². The maximum absolute atomic E-state index is 12.7. The quantitative estimate of drug-likeness (QED) is 0.674. The third-order valence-corrected chi connectivity index (χ3v) is 6.87. The Hall–Kier alpha value is -2.34. The van der Waals surface area contributed by atoms with Gasteiger partial charge in [0.15, 0.2) is 0 Å². The number of hydrogen-bond acceptors (Lipinski definition) is 4. The number of piperidine rings is 1. The van der Waals surface area contributed by atoms with Crippen LogP contribution in [-0.4, -0.2) is 53.8 Å². The van der Waals surface area contributed by atoms with E-state index in [1.54, 1.807) is 7.11 Å². The second-order valence-corrected chi connectivity index (χ2v) is 8.93. The number of imidazole rings is 1. The van der Waals surface area contributed by atoms with Crippen molar-refractivity contribution in [1.29, 1.82) is 0 Å². The van der Waals surface area contributed by atoms with Crippen LogP contribution in [0.15, 0.2) is 30.5 Å². The third-order valence-electron chi connectivity index (χ3n) is 6.87. The van der Waals surface area contributed by atoms with E-state index >= 15 is 0 Å². The molecule has 2 aliphatic heterocycles. The molecule has 1 aromatic carbocycles. The molecule has 3 heterocycles. The van der Waals surface area contributed by atoms with Crippen LogP contribution < -0.4 is 4.74 Å². The standard InChI is InChI=1S/C25H35N3O3/c1-19-17-26-25(22-11-15-31-16-12-22)28(19)18-21-9-13-27(14-10-21)24(29)8-5-20-3-6-23(30-2)7-4-20/h3-4,6-7,17,21-22H,5,8-16,18H2,1-2H3. The largest absolute Gasteiger partial charge is 0.497 e. The van der Waals surface area contributed by atoms with Crippen LogP contribution in [0.1, 0.15) is 55.1 Å². The van der Waals surface area contributed by atoms with Gasteiger partial charge in [0.25, 0.3) is 0 Å². The van der Waals surface area contributed by atoms with Gasteiger partial charge in [-0.15, -0.1) is 0 Å². The minimum atomic E-state index is 0.274. The van der Waals surface area contributed by atoms with Crippen LogP contribution >= 0.6 is 0 Å². The number of rotatable bonds is 7. The van der Waals surface area contributed by atoms with Crippen LogP contribution in [0.2, 0.25) is 0 Å². The van der Waals surface area contributed by atoms with Crippen molar-refractivity contribution in [2.24, 2.45) is 5.92 Å². The molecule has 31 heavy (non-hydrogen) atoms. The molecular weight excluding hydrogens is 390 g/mol. The average molecular weight is 426 g/mol. The van der Waals surface area contributed by atoms with Crippen molar-refractivity contribution >= 4 is 5.91 Å². The molecule has 0 bridgehead atoms. The highest BCUT2D eigenvalue weighted by Gasteiger charge is 2.26. The first-order valence-corrected chi connectivity index (χ1v) is 11.6. The summed E-state index contributed by atoms with van der Waals surface area (Å²) in [6, 6.07) is 8.00. The molecule has 168 valence electrons. The highest BCUT2D eigenvalue weighted by molar-refractivity contribution is 5.76. The van der Waals surface area contributed by atoms with Gasteiger partial charge in [-0.3, -0.25) is 4.79 Å². The summed E-state index contributed by atoms with van der Waals surface area (Å²) >= 11 is 0. The first kappa shape index (κ1) is 21.9. The summed E-state index contributed by atoms with van der Waals surface area (Å²) in [5.74, 6) is 3.49. The van der Waals surface area contributed by atoms with Gasteiger partial charge in [0.1, 0.15) is 11.6 Å². The minimum absolute atomic E-state index is 0.274. The van der Waals surface area contributed by atoms with E-state index in [1.807, 2.05) is 30.5 Å². The van der Waals surface area contributed by atoms with E-state index in [1.165, 1.54) is 17.1 Å². The Morgan fingerprint density at radius 2 is 1.84 bits per heavy atom. The molecule has 0 unspecified atom stereocenters. The fourth-order valence-corrected chi connectivity index (χ4v) is 4.82. The zero-order valence-electron chi connectivity index (χ0n) is 18.9. The van der Waals surface area contributed by atoms with Gasteiger partial charge in [-0.25, -0.2) is 4.98 Å². The molecule has 2 saturated heterocycles. The summed E-state index contributed by atoms with van der Waals surface area (Å²) in [5, 5.41) is 0. The van der Waals surface area contributed by atoms with E-state index in [-0.39, 0.29) is 5.91 Å². The Morgan fingerprint density at radius 3 is 2.52 bits per heavy atom. The number of likely N-dealkylation sites (tertiary alicyclic amines) is 1. The van der Waals surface area contributed by atoms with Gasteiger partial charge in [-0.1, -0.05) is 12.1 Å². The van der Waals surface area contributed by atoms with Gasteiger partial charge in [0.05, 0.1) is 7.11 Å². The van der Waals surface area contributed by atoms with E-state index in [4.69, 9.17) is 14.5 Å². The van der Waals surface area contributed by atoms with Crippen molar-refractivity contribution in [3.63, 3.8) is 0 Å². The maximum Gasteiger partial charge on any atom is 0.222 e. The molecule has 0 atom stereocenters.